The highest BCUT2D eigenvalue weighted by molar-refractivity contribution is 9.11. The van der Waals surface area contributed by atoms with Crippen LogP contribution in [0.2, 0.25) is 0 Å². The molecule has 1 aromatic rings. The Hall–Kier alpha value is -0.870. The topological polar surface area (TPSA) is 37.3 Å². The monoisotopic (exact) mass is 458 g/mol. The fraction of sp³-hybridized carbons (Fsp3) is 0.450. The van der Waals surface area contributed by atoms with Crippen LogP contribution >= 0.6 is 31.9 Å². The van der Waals surface area contributed by atoms with Crippen LogP contribution in [0.5, 0.6) is 0 Å². The molecule has 0 atom stereocenters. The van der Waals surface area contributed by atoms with Gasteiger partial charge in [0.25, 0.3) is 0 Å². The highest BCUT2D eigenvalue weighted by atomic mass is 79.9. The molecule has 0 aliphatic rings. The van der Waals surface area contributed by atoms with E-state index in [4.69, 9.17) is 5.11 Å². The van der Waals surface area contributed by atoms with Crippen molar-refractivity contribution in [1.82, 2.24) is 0 Å². The number of unbranched alkanes of at least 4 members (excludes halogenated alkanes) is 6. The summed E-state index contributed by atoms with van der Waals surface area (Å²) in [7, 11) is 0. The van der Waals surface area contributed by atoms with Gasteiger partial charge in [-0.05, 0) is 30.5 Å². The van der Waals surface area contributed by atoms with E-state index in [0.717, 1.165) is 20.6 Å². The van der Waals surface area contributed by atoms with Crippen LogP contribution in [-0.2, 0) is 11.2 Å². The summed E-state index contributed by atoms with van der Waals surface area (Å²) < 4.78 is 2.27. The molecule has 0 fully saturated rings. The standard InChI is InChI=1S/C17H24Br2.C3H4O2/c1-3-5-6-7-8-9-10-11-14-12-16(18)15(4-2)17(19)13-14;1-2-3(4)5/h4,12-13H,2-3,5-11H2,1H3;2H,1H2,(H,4,5). The lowest BCUT2D eigenvalue weighted by Crippen LogP contribution is -1.89. The van der Waals surface area contributed by atoms with E-state index in [1.165, 1.54) is 56.9 Å². The number of aliphatic carboxylic acids is 1. The lowest BCUT2D eigenvalue weighted by molar-refractivity contribution is -0.131. The first-order valence-corrected chi connectivity index (χ1v) is 10.0. The molecule has 0 heterocycles. The molecule has 0 saturated heterocycles. The second kappa shape index (κ2) is 14.5. The van der Waals surface area contributed by atoms with Crippen LogP contribution in [0.15, 0.2) is 40.3 Å². The Kier molecular flexibility index (Phi) is 13.9. The van der Waals surface area contributed by atoms with Crippen LogP contribution in [0.1, 0.15) is 63.0 Å². The molecule has 24 heavy (non-hydrogen) atoms. The fourth-order valence-corrected chi connectivity index (χ4v) is 3.87. The number of carboxylic acid groups (broad SMARTS) is 1. The van der Waals surface area contributed by atoms with Crippen LogP contribution in [0.4, 0.5) is 0 Å². The zero-order chi connectivity index (χ0) is 18.4. The first-order chi connectivity index (χ1) is 11.5. The Morgan fingerprint density at radius 2 is 1.50 bits per heavy atom. The average molecular weight is 460 g/mol. The van der Waals surface area contributed by atoms with Crippen molar-refractivity contribution in [2.45, 2.75) is 58.3 Å². The van der Waals surface area contributed by atoms with E-state index in [-0.39, 0.29) is 0 Å². The van der Waals surface area contributed by atoms with E-state index in [2.05, 4.69) is 64.1 Å². The number of hydrogen-bond acceptors (Lipinski definition) is 1. The number of halogens is 2. The third-order valence-corrected chi connectivity index (χ3v) is 4.90. The third kappa shape index (κ3) is 10.8. The van der Waals surface area contributed by atoms with Crippen molar-refractivity contribution in [3.8, 4) is 0 Å². The molecule has 2 nitrogen and oxygen atoms in total. The van der Waals surface area contributed by atoms with Crippen molar-refractivity contribution < 1.29 is 9.90 Å². The van der Waals surface area contributed by atoms with Crippen LogP contribution < -0.4 is 0 Å². The zero-order valence-electron chi connectivity index (χ0n) is 14.5. The van der Waals surface area contributed by atoms with Crippen LogP contribution in [0.3, 0.4) is 0 Å². The van der Waals surface area contributed by atoms with Gasteiger partial charge >= 0.3 is 5.97 Å². The molecule has 0 bridgehead atoms. The summed E-state index contributed by atoms with van der Waals surface area (Å²) in [5, 5.41) is 7.60. The Morgan fingerprint density at radius 3 is 1.92 bits per heavy atom. The van der Waals surface area contributed by atoms with Crippen molar-refractivity contribution in [3.63, 3.8) is 0 Å². The molecule has 0 saturated carbocycles. The summed E-state index contributed by atoms with van der Waals surface area (Å²) in [6.07, 6.45) is 13.4. The van der Waals surface area contributed by atoms with Crippen LogP contribution in [-0.4, -0.2) is 11.1 Å². The molecule has 1 rings (SSSR count). The van der Waals surface area contributed by atoms with Gasteiger partial charge in [-0.25, -0.2) is 4.79 Å². The largest absolute Gasteiger partial charge is 0.478 e. The summed E-state index contributed by atoms with van der Waals surface area (Å²) >= 11 is 7.22. The molecular formula is C20H28Br2O2. The first kappa shape index (κ1) is 23.1. The number of benzene rings is 1. The number of rotatable bonds is 10. The second-order valence-electron chi connectivity index (χ2n) is 5.59. The predicted molar refractivity (Wildman–Crippen MR) is 111 cm³/mol. The van der Waals surface area contributed by atoms with Crippen LogP contribution in [0.25, 0.3) is 6.08 Å². The van der Waals surface area contributed by atoms with E-state index < -0.39 is 5.97 Å². The third-order valence-electron chi connectivity index (χ3n) is 3.59. The number of aryl methyl sites for hydroxylation is 1. The molecule has 134 valence electrons. The smallest absolute Gasteiger partial charge is 0.327 e. The number of carboxylic acids is 1. The van der Waals surface area contributed by atoms with Crippen molar-refractivity contribution in [2.24, 2.45) is 0 Å². The van der Waals surface area contributed by atoms with Crippen LogP contribution in [0, 0.1) is 0 Å². The van der Waals surface area contributed by atoms with Gasteiger partial charge in [-0.1, -0.05) is 96.5 Å². The molecular weight excluding hydrogens is 432 g/mol. The summed E-state index contributed by atoms with van der Waals surface area (Å²) in [5.41, 5.74) is 2.54. The molecule has 0 aliphatic heterocycles. The first-order valence-electron chi connectivity index (χ1n) is 8.41. The molecule has 0 amide bonds. The maximum absolute atomic E-state index is 9.25. The van der Waals surface area contributed by atoms with Gasteiger partial charge in [0.15, 0.2) is 0 Å². The average Bonchev–Trinajstić information content (AvgIpc) is 2.54. The maximum Gasteiger partial charge on any atom is 0.327 e. The van der Waals surface area contributed by atoms with Gasteiger partial charge < -0.3 is 5.11 Å². The number of hydrogen-bond donors (Lipinski definition) is 1. The summed E-state index contributed by atoms with van der Waals surface area (Å²) in [4.78, 5) is 9.25. The van der Waals surface area contributed by atoms with Crippen molar-refractivity contribution in [2.75, 3.05) is 0 Å². The Labute approximate surface area is 163 Å². The molecule has 0 unspecified atom stereocenters. The normalized spacial score (nSPS) is 9.79. The minimum absolute atomic E-state index is 0.833. The molecule has 1 aromatic carbocycles. The van der Waals surface area contributed by atoms with E-state index in [1.807, 2.05) is 6.08 Å². The Balaban J connectivity index is 0.000000922. The summed E-state index contributed by atoms with van der Waals surface area (Å²) in [6.45, 7) is 9.06. The van der Waals surface area contributed by atoms with E-state index in [0.29, 0.717) is 0 Å². The van der Waals surface area contributed by atoms with Gasteiger partial charge in [0.2, 0.25) is 0 Å². The quantitative estimate of drug-likeness (QED) is 0.292. The second-order valence-corrected chi connectivity index (χ2v) is 7.30. The van der Waals surface area contributed by atoms with E-state index in [1.54, 1.807) is 0 Å². The maximum atomic E-state index is 9.25. The minimum atomic E-state index is -0.981. The molecule has 4 heteroatoms. The molecule has 0 aliphatic carbocycles. The Bertz CT molecular complexity index is 501. The lowest BCUT2D eigenvalue weighted by Gasteiger charge is -2.07. The van der Waals surface area contributed by atoms with Crippen molar-refractivity contribution in [3.05, 3.63) is 51.4 Å². The highest BCUT2D eigenvalue weighted by Crippen LogP contribution is 2.29. The van der Waals surface area contributed by atoms with Gasteiger partial charge in [0.05, 0.1) is 0 Å². The summed E-state index contributed by atoms with van der Waals surface area (Å²) in [6, 6.07) is 4.44. The minimum Gasteiger partial charge on any atom is -0.478 e. The number of carbonyl (C=O) groups is 1. The molecule has 0 aromatic heterocycles. The lowest BCUT2D eigenvalue weighted by atomic mass is 10.0. The van der Waals surface area contributed by atoms with Crippen molar-refractivity contribution >= 4 is 43.9 Å². The molecule has 0 radical (unpaired) electrons. The molecule has 1 N–H and O–H groups in total. The summed E-state index contributed by atoms with van der Waals surface area (Å²) in [5.74, 6) is -0.981. The van der Waals surface area contributed by atoms with E-state index >= 15 is 0 Å². The van der Waals surface area contributed by atoms with Gasteiger partial charge in [-0.15, -0.1) is 0 Å². The molecule has 0 spiro atoms. The van der Waals surface area contributed by atoms with Gasteiger partial charge in [0.1, 0.15) is 0 Å². The Morgan fingerprint density at radius 1 is 1.04 bits per heavy atom. The van der Waals surface area contributed by atoms with Gasteiger partial charge in [0, 0.05) is 20.6 Å². The van der Waals surface area contributed by atoms with Gasteiger partial charge in [-0.2, -0.15) is 0 Å². The van der Waals surface area contributed by atoms with Gasteiger partial charge in [-0.3, -0.25) is 0 Å². The van der Waals surface area contributed by atoms with E-state index in [9.17, 15) is 4.79 Å². The predicted octanol–water partition coefficient (Wildman–Crippen LogP) is 7.40. The SMILES string of the molecule is C=CC(=O)O.C=Cc1c(Br)cc(CCCCCCCCC)cc1Br. The zero-order valence-corrected chi connectivity index (χ0v) is 17.7. The van der Waals surface area contributed by atoms with Crippen molar-refractivity contribution in [1.29, 1.82) is 0 Å². The highest BCUT2D eigenvalue weighted by Gasteiger charge is 2.04. The fourth-order valence-electron chi connectivity index (χ4n) is 2.26.